The summed E-state index contributed by atoms with van der Waals surface area (Å²) < 4.78 is 0. The molecular formula is C12H21N3O2. The molecule has 0 saturated heterocycles. The van der Waals surface area contributed by atoms with E-state index in [4.69, 9.17) is 16.6 Å². The van der Waals surface area contributed by atoms with Crippen LogP contribution in [0.5, 0.6) is 0 Å². The largest absolute Gasteiger partial charge is 0.480 e. The molecule has 1 heterocycles. The maximum atomic E-state index is 10.5. The summed E-state index contributed by atoms with van der Waals surface area (Å²) in [5.74, 6) is -0.227. The number of aliphatic carboxylic acids is 1. The van der Waals surface area contributed by atoms with Crippen LogP contribution in [-0.2, 0) is 4.79 Å². The highest BCUT2D eigenvalue weighted by Crippen LogP contribution is 2.15. The van der Waals surface area contributed by atoms with E-state index in [1.807, 2.05) is 12.2 Å². The highest BCUT2D eigenvalue weighted by Gasteiger charge is 2.11. The maximum Gasteiger partial charge on any atom is 0.320 e. The van der Waals surface area contributed by atoms with Gasteiger partial charge in [0, 0.05) is 6.42 Å². The van der Waals surface area contributed by atoms with Crippen molar-refractivity contribution < 1.29 is 9.90 Å². The fourth-order valence-corrected chi connectivity index (χ4v) is 1.82. The average molecular weight is 239 g/mol. The smallest absolute Gasteiger partial charge is 0.320 e. The van der Waals surface area contributed by atoms with Crippen molar-refractivity contribution >= 4 is 11.8 Å². The summed E-state index contributed by atoms with van der Waals surface area (Å²) in [5.41, 5.74) is 11.1. The normalized spacial score (nSPS) is 23.1. The van der Waals surface area contributed by atoms with Gasteiger partial charge in [0.05, 0.1) is 11.9 Å². The first-order valence-electron chi connectivity index (χ1n) is 6.05. The van der Waals surface area contributed by atoms with E-state index in [9.17, 15) is 4.79 Å². The van der Waals surface area contributed by atoms with Gasteiger partial charge in [0.2, 0.25) is 0 Å². The van der Waals surface area contributed by atoms with Gasteiger partial charge in [-0.25, -0.2) is 0 Å². The van der Waals surface area contributed by atoms with Gasteiger partial charge in [-0.15, -0.1) is 0 Å². The van der Waals surface area contributed by atoms with Crippen molar-refractivity contribution in [2.24, 2.45) is 16.5 Å². The highest BCUT2D eigenvalue weighted by atomic mass is 16.4. The number of carboxylic acids is 1. The molecule has 0 aromatic rings. The van der Waals surface area contributed by atoms with Crippen LogP contribution in [-0.4, -0.2) is 29.0 Å². The minimum atomic E-state index is -0.966. The van der Waals surface area contributed by atoms with Crippen LogP contribution in [0.15, 0.2) is 17.1 Å². The van der Waals surface area contributed by atoms with Gasteiger partial charge in [0.1, 0.15) is 6.04 Å². The molecule has 5 heteroatoms. The van der Waals surface area contributed by atoms with Crippen LogP contribution in [0.1, 0.15) is 38.5 Å². The first-order chi connectivity index (χ1) is 8.09. The lowest BCUT2D eigenvalue weighted by atomic mass is 10.1. The third-order valence-electron chi connectivity index (χ3n) is 2.85. The Kier molecular flexibility index (Phi) is 5.69. The molecule has 0 unspecified atom stereocenters. The number of rotatable bonds is 5. The minimum absolute atomic E-state index is 0.245. The molecule has 1 rings (SSSR count). The van der Waals surface area contributed by atoms with Crippen LogP contribution in [0, 0.1) is 0 Å². The molecule has 0 saturated carbocycles. The Labute approximate surface area is 102 Å². The van der Waals surface area contributed by atoms with E-state index in [0.717, 1.165) is 37.9 Å². The van der Waals surface area contributed by atoms with Crippen molar-refractivity contribution in [3.8, 4) is 0 Å². The molecule has 1 aliphatic rings. The van der Waals surface area contributed by atoms with Crippen molar-refractivity contribution in [3.63, 3.8) is 0 Å². The fraction of sp³-hybridized carbons (Fsp3) is 0.667. The lowest BCUT2D eigenvalue weighted by Gasteiger charge is -2.07. The van der Waals surface area contributed by atoms with Gasteiger partial charge in [-0.05, 0) is 25.7 Å². The molecule has 5 nitrogen and oxygen atoms in total. The standard InChI is InChI=1S/C12H21N3O2/c13-10(12(16)17)7-3-1-5-9-6-2-4-8-11(14)15-9/h1,3,9-10H,2,4-8,13H2,(H2,14,15)(H,16,17)/t9-,10+/m1/s1. The van der Waals surface area contributed by atoms with Crippen molar-refractivity contribution in [3.05, 3.63) is 12.2 Å². The fourth-order valence-electron chi connectivity index (χ4n) is 1.82. The summed E-state index contributed by atoms with van der Waals surface area (Å²) in [5, 5.41) is 8.60. The van der Waals surface area contributed by atoms with Crippen LogP contribution < -0.4 is 11.5 Å². The third kappa shape index (κ3) is 5.49. The molecule has 0 fully saturated rings. The Hall–Kier alpha value is -1.36. The first-order valence-corrected chi connectivity index (χ1v) is 6.05. The summed E-state index contributed by atoms with van der Waals surface area (Å²) >= 11 is 0. The molecule has 0 aliphatic carbocycles. The number of carboxylic acid groups (broad SMARTS) is 1. The zero-order valence-electron chi connectivity index (χ0n) is 10.0. The SMILES string of the molecule is NC1=N[C@H](CC=CC[C@H](N)C(=O)O)CCCC1. The monoisotopic (exact) mass is 239 g/mol. The van der Waals surface area contributed by atoms with Crippen LogP contribution in [0.2, 0.25) is 0 Å². The summed E-state index contributed by atoms with van der Waals surface area (Å²) in [6.07, 6.45) is 9.15. The van der Waals surface area contributed by atoms with Gasteiger partial charge in [0.25, 0.3) is 0 Å². The number of carbonyl (C=O) groups is 1. The second-order valence-electron chi connectivity index (χ2n) is 4.41. The van der Waals surface area contributed by atoms with Crippen LogP contribution in [0.4, 0.5) is 0 Å². The van der Waals surface area contributed by atoms with Crippen molar-refractivity contribution in [2.75, 3.05) is 0 Å². The van der Waals surface area contributed by atoms with E-state index in [-0.39, 0.29) is 6.04 Å². The number of hydrogen-bond donors (Lipinski definition) is 3. The zero-order valence-corrected chi connectivity index (χ0v) is 10.0. The highest BCUT2D eigenvalue weighted by molar-refractivity contribution is 5.80. The Morgan fingerprint density at radius 1 is 1.53 bits per heavy atom. The van der Waals surface area contributed by atoms with Gasteiger partial charge in [0.15, 0.2) is 0 Å². The Balaban J connectivity index is 2.31. The van der Waals surface area contributed by atoms with Crippen molar-refractivity contribution in [1.82, 2.24) is 0 Å². The zero-order chi connectivity index (χ0) is 12.7. The molecule has 2 atom stereocenters. The Morgan fingerprint density at radius 3 is 3.00 bits per heavy atom. The molecule has 5 N–H and O–H groups in total. The summed E-state index contributed by atoms with van der Waals surface area (Å²) in [6.45, 7) is 0. The molecule has 0 aromatic heterocycles. The number of nitrogens with two attached hydrogens (primary N) is 2. The molecule has 1 aliphatic heterocycles. The molecule has 96 valence electrons. The molecule has 17 heavy (non-hydrogen) atoms. The van der Waals surface area contributed by atoms with Gasteiger partial charge in [-0.2, -0.15) is 0 Å². The number of aliphatic imine (C=N–C) groups is 1. The molecule has 0 aromatic carbocycles. The van der Waals surface area contributed by atoms with Crippen LogP contribution in [0.3, 0.4) is 0 Å². The molecule has 0 spiro atoms. The van der Waals surface area contributed by atoms with Crippen LogP contribution in [0.25, 0.3) is 0 Å². The van der Waals surface area contributed by atoms with Gasteiger partial charge < -0.3 is 16.6 Å². The average Bonchev–Trinajstić information content (AvgIpc) is 2.48. The molecule has 0 radical (unpaired) electrons. The van der Waals surface area contributed by atoms with Crippen LogP contribution >= 0.6 is 0 Å². The predicted octanol–water partition coefficient (Wildman–Crippen LogP) is 1.03. The van der Waals surface area contributed by atoms with Crippen molar-refractivity contribution in [2.45, 2.75) is 50.6 Å². The number of amidine groups is 1. The number of nitrogens with zero attached hydrogens (tertiary/aromatic N) is 1. The predicted molar refractivity (Wildman–Crippen MR) is 67.9 cm³/mol. The second kappa shape index (κ2) is 7.06. The van der Waals surface area contributed by atoms with Gasteiger partial charge in [-0.1, -0.05) is 18.6 Å². The summed E-state index contributed by atoms with van der Waals surface area (Å²) in [4.78, 5) is 14.9. The van der Waals surface area contributed by atoms with Crippen molar-refractivity contribution in [1.29, 1.82) is 0 Å². The quantitative estimate of drug-likeness (QED) is 0.624. The maximum absolute atomic E-state index is 10.5. The Morgan fingerprint density at radius 2 is 2.29 bits per heavy atom. The van der Waals surface area contributed by atoms with E-state index in [2.05, 4.69) is 4.99 Å². The van der Waals surface area contributed by atoms with E-state index in [0.29, 0.717) is 6.42 Å². The van der Waals surface area contributed by atoms with E-state index < -0.39 is 12.0 Å². The summed E-state index contributed by atoms with van der Waals surface area (Å²) in [7, 11) is 0. The molecule has 0 bridgehead atoms. The molecular weight excluding hydrogens is 218 g/mol. The molecule has 0 amide bonds. The summed E-state index contributed by atoms with van der Waals surface area (Å²) in [6, 6.07) is -0.566. The lowest BCUT2D eigenvalue weighted by Crippen LogP contribution is -2.29. The topological polar surface area (TPSA) is 102 Å². The van der Waals surface area contributed by atoms with E-state index in [1.165, 1.54) is 0 Å². The van der Waals surface area contributed by atoms with Gasteiger partial charge >= 0.3 is 5.97 Å². The van der Waals surface area contributed by atoms with E-state index in [1.54, 1.807) is 0 Å². The second-order valence-corrected chi connectivity index (χ2v) is 4.41. The Bertz CT molecular complexity index is 313. The van der Waals surface area contributed by atoms with Gasteiger partial charge in [-0.3, -0.25) is 9.79 Å². The lowest BCUT2D eigenvalue weighted by molar-refractivity contribution is -0.138. The third-order valence-corrected chi connectivity index (χ3v) is 2.85. The number of hydrogen-bond acceptors (Lipinski definition) is 4. The minimum Gasteiger partial charge on any atom is -0.480 e. The first kappa shape index (κ1) is 13.7. The van der Waals surface area contributed by atoms with E-state index >= 15 is 0 Å².